The van der Waals surface area contributed by atoms with E-state index >= 15 is 0 Å². The van der Waals surface area contributed by atoms with Crippen LogP contribution in [-0.4, -0.2) is 46.5 Å². The molecule has 1 amide bonds. The molecule has 0 aliphatic heterocycles. The minimum Gasteiger partial charge on any atom is -0.383 e. The highest BCUT2D eigenvalue weighted by atomic mass is 19.3. The summed E-state index contributed by atoms with van der Waals surface area (Å²) in [4.78, 5) is 20.7. The number of aliphatic hydroxyl groups is 1. The molecule has 0 bridgehead atoms. The second-order valence-electron chi connectivity index (χ2n) is 10.5. The van der Waals surface area contributed by atoms with E-state index in [1.165, 1.54) is 6.20 Å². The van der Waals surface area contributed by atoms with Gasteiger partial charge in [0.25, 0.3) is 5.92 Å². The van der Waals surface area contributed by atoms with Gasteiger partial charge < -0.3 is 10.4 Å². The van der Waals surface area contributed by atoms with E-state index in [1.54, 1.807) is 24.7 Å². The Bertz CT molecular complexity index is 1180. The predicted molar refractivity (Wildman–Crippen MR) is 128 cm³/mol. The Labute approximate surface area is 209 Å². The van der Waals surface area contributed by atoms with Gasteiger partial charge in [-0.15, -0.1) is 5.10 Å². The summed E-state index contributed by atoms with van der Waals surface area (Å²) in [7, 11) is 0. The summed E-state index contributed by atoms with van der Waals surface area (Å²) in [6.07, 6.45) is 8.27. The fourth-order valence-corrected chi connectivity index (χ4v) is 4.37. The van der Waals surface area contributed by atoms with E-state index in [2.05, 4.69) is 39.4 Å². The maximum atomic E-state index is 14.5. The molecule has 3 aromatic rings. The first-order chi connectivity index (χ1) is 16.9. The molecule has 0 aromatic carbocycles. The van der Waals surface area contributed by atoms with Crippen molar-refractivity contribution in [3.05, 3.63) is 54.0 Å². The molecule has 0 unspecified atom stereocenters. The van der Waals surface area contributed by atoms with Crippen LogP contribution in [0, 0.1) is 12.3 Å². The van der Waals surface area contributed by atoms with Gasteiger partial charge in [0.15, 0.2) is 0 Å². The SMILES string of the molecule is Cc1nccn1-c1ccc(CNC(=O)CCC(F)(F)Cn2cc(C3(O)CCC(C)(C)CC3)nn2)cn1. The van der Waals surface area contributed by atoms with Crippen LogP contribution in [0.1, 0.15) is 69.5 Å². The molecule has 1 fully saturated rings. The van der Waals surface area contributed by atoms with Crippen molar-refractivity contribution in [1.82, 2.24) is 34.8 Å². The number of amides is 1. The monoisotopic (exact) mass is 501 g/mol. The minimum absolute atomic E-state index is 0.148. The lowest BCUT2D eigenvalue weighted by molar-refractivity contribution is -0.123. The number of nitrogens with zero attached hydrogens (tertiary/aromatic N) is 6. The van der Waals surface area contributed by atoms with Crippen LogP contribution in [0.5, 0.6) is 0 Å². The molecule has 11 heteroatoms. The molecule has 194 valence electrons. The second-order valence-corrected chi connectivity index (χ2v) is 10.5. The van der Waals surface area contributed by atoms with Gasteiger partial charge in [0, 0.05) is 38.0 Å². The average Bonchev–Trinajstić information content (AvgIpc) is 3.48. The number of alkyl halides is 2. The molecule has 9 nitrogen and oxygen atoms in total. The van der Waals surface area contributed by atoms with Gasteiger partial charge in [-0.05, 0) is 49.7 Å². The number of carbonyl (C=O) groups excluding carboxylic acids is 1. The molecule has 0 spiro atoms. The van der Waals surface area contributed by atoms with Gasteiger partial charge in [-0.1, -0.05) is 25.1 Å². The zero-order valence-electron chi connectivity index (χ0n) is 20.9. The van der Waals surface area contributed by atoms with Crippen molar-refractivity contribution in [3.8, 4) is 5.82 Å². The summed E-state index contributed by atoms with van der Waals surface area (Å²) in [6.45, 7) is 5.66. The molecule has 4 rings (SSSR count). The molecule has 2 N–H and O–H groups in total. The minimum atomic E-state index is -3.15. The quantitative estimate of drug-likeness (QED) is 0.463. The molecule has 0 atom stereocenters. The summed E-state index contributed by atoms with van der Waals surface area (Å²) < 4.78 is 32.0. The third kappa shape index (κ3) is 6.31. The lowest BCUT2D eigenvalue weighted by Gasteiger charge is -2.39. The van der Waals surface area contributed by atoms with Crippen molar-refractivity contribution < 1.29 is 18.7 Å². The molecular weight excluding hydrogens is 468 g/mol. The number of hydrogen-bond acceptors (Lipinski definition) is 6. The van der Waals surface area contributed by atoms with Crippen molar-refractivity contribution >= 4 is 5.91 Å². The van der Waals surface area contributed by atoms with E-state index in [0.29, 0.717) is 24.4 Å². The van der Waals surface area contributed by atoms with Gasteiger partial charge in [0.2, 0.25) is 5.91 Å². The number of hydrogen-bond donors (Lipinski definition) is 2. The molecule has 1 saturated carbocycles. The first kappa shape index (κ1) is 25.9. The third-order valence-corrected chi connectivity index (χ3v) is 6.93. The van der Waals surface area contributed by atoms with Gasteiger partial charge >= 0.3 is 0 Å². The maximum Gasteiger partial charge on any atom is 0.267 e. The Morgan fingerprint density at radius 2 is 1.94 bits per heavy atom. The molecule has 0 radical (unpaired) electrons. The highest BCUT2D eigenvalue weighted by Crippen LogP contribution is 2.44. The third-order valence-electron chi connectivity index (χ3n) is 6.93. The largest absolute Gasteiger partial charge is 0.383 e. The number of halogens is 2. The van der Waals surface area contributed by atoms with Gasteiger partial charge in [0.1, 0.15) is 29.5 Å². The number of imidazole rings is 1. The highest BCUT2D eigenvalue weighted by molar-refractivity contribution is 5.75. The van der Waals surface area contributed by atoms with Crippen LogP contribution < -0.4 is 5.32 Å². The molecule has 1 aliphatic rings. The topological polar surface area (TPSA) is 111 Å². The smallest absolute Gasteiger partial charge is 0.267 e. The molecule has 1 aliphatic carbocycles. The number of nitrogens with one attached hydrogen (secondary N) is 1. The van der Waals surface area contributed by atoms with Crippen molar-refractivity contribution in [2.24, 2.45) is 5.41 Å². The fraction of sp³-hybridized carbons (Fsp3) is 0.560. The second kappa shape index (κ2) is 10.0. The number of aryl methyl sites for hydroxylation is 1. The molecule has 0 saturated heterocycles. The van der Waals surface area contributed by atoms with Gasteiger partial charge in [0.05, 0.1) is 6.20 Å². The van der Waals surface area contributed by atoms with Gasteiger partial charge in [-0.2, -0.15) is 0 Å². The summed E-state index contributed by atoms with van der Waals surface area (Å²) in [5.41, 5.74) is 0.105. The van der Waals surface area contributed by atoms with Crippen LogP contribution in [0.2, 0.25) is 0 Å². The van der Waals surface area contributed by atoms with Crippen molar-refractivity contribution in [3.63, 3.8) is 0 Å². The van der Waals surface area contributed by atoms with Gasteiger partial charge in [-0.25, -0.2) is 23.4 Å². The van der Waals surface area contributed by atoms with Crippen molar-refractivity contribution in [2.75, 3.05) is 0 Å². The van der Waals surface area contributed by atoms with Crippen LogP contribution in [-0.2, 0) is 23.5 Å². The van der Waals surface area contributed by atoms with Crippen LogP contribution >= 0.6 is 0 Å². The standard InChI is InChI=1S/C25H33F2N7O2/c1-18-28-12-13-34(18)21-5-4-19(14-29-21)15-30-22(35)6-7-25(26,27)17-33-16-20(31-32-33)24(36)10-8-23(2,3)9-11-24/h4-5,12-14,16,36H,6-11,15,17H2,1-3H3,(H,30,35). The first-order valence-corrected chi connectivity index (χ1v) is 12.2. The van der Waals surface area contributed by atoms with Crippen molar-refractivity contribution in [2.45, 2.75) is 83.9 Å². The Morgan fingerprint density at radius 1 is 1.19 bits per heavy atom. The van der Waals surface area contributed by atoms with Crippen LogP contribution in [0.25, 0.3) is 5.82 Å². The van der Waals surface area contributed by atoms with E-state index in [9.17, 15) is 18.7 Å². The lowest BCUT2D eigenvalue weighted by atomic mass is 9.70. The zero-order chi connectivity index (χ0) is 26.0. The molecule has 3 heterocycles. The normalized spacial score (nSPS) is 17.2. The lowest BCUT2D eigenvalue weighted by Crippen LogP contribution is -2.35. The predicted octanol–water partition coefficient (Wildman–Crippen LogP) is 3.69. The van der Waals surface area contributed by atoms with E-state index in [4.69, 9.17) is 0 Å². The van der Waals surface area contributed by atoms with Gasteiger partial charge in [-0.3, -0.25) is 9.36 Å². The highest BCUT2D eigenvalue weighted by Gasteiger charge is 2.40. The molecule has 36 heavy (non-hydrogen) atoms. The van der Waals surface area contributed by atoms with E-state index < -0.39 is 30.4 Å². The van der Waals surface area contributed by atoms with Crippen LogP contribution in [0.3, 0.4) is 0 Å². The Hall–Kier alpha value is -3.21. The van der Waals surface area contributed by atoms with Crippen LogP contribution in [0.4, 0.5) is 8.78 Å². The number of aromatic nitrogens is 6. The zero-order valence-corrected chi connectivity index (χ0v) is 20.9. The average molecular weight is 502 g/mol. The number of pyridine rings is 1. The summed E-state index contributed by atoms with van der Waals surface area (Å²) in [5.74, 6) is -2.11. The summed E-state index contributed by atoms with van der Waals surface area (Å²) >= 11 is 0. The Balaban J connectivity index is 1.24. The van der Waals surface area contributed by atoms with E-state index in [-0.39, 0.29) is 18.4 Å². The maximum absolute atomic E-state index is 14.5. The summed E-state index contributed by atoms with van der Waals surface area (Å²) in [6, 6.07) is 3.63. The van der Waals surface area contributed by atoms with E-state index in [1.807, 2.05) is 17.6 Å². The Morgan fingerprint density at radius 3 is 2.58 bits per heavy atom. The van der Waals surface area contributed by atoms with Crippen LogP contribution in [0.15, 0.2) is 36.9 Å². The number of rotatable bonds is 9. The molecule has 3 aromatic heterocycles. The van der Waals surface area contributed by atoms with Crippen molar-refractivity contribution in [1.29, 1.82) is 0 Å². The van der Waals surface area contributed by atoms with E-state index in [0.717, 1.165) is 28.9 Å². The fourth-order valence-electron chi connectivity index (χ4n) is 4.37. The molecular formula is C25H33F2N7O2. The first-order valence-electron chi connectivity index (χ1n) is 12.2. The summed E-state index contributed by atoms with van der Waals surface area (Å²) in [5, 5.41) is 21.4. The number of carbonyl (C=O) groups is 1. The Kier molecular flexibility index (Phi) is 7.21.